The average Bonchev–Trinajstić information content (AvgIpc) is 2.91. The number of hydrogen-bond donors (Lipinski definition) is 1. The van der Waals surface area contributed by atoms with Crippen molar-refractivity contribution in [3.63, 3.8) is 0 Å². The van der Waals surface area contributed by atoms with Crippen LogP contribution in [0.4, 0.5) is 0 Å². The third-order valence-electron chi connectivity index (χ3n) is 4.52. The highest BCUT2D eigenvalue weighted by Crippen LogP contribution is 2.24. The molecule has 3 nitrogen and oxygen atoms in total. The van der Waals surface area contributed by atoms with Crippen molar-refractivity contribution in [1.29, 1.82) is 0 Å². The molecular weight excluding hydrogens is 222 g/mol. The number of nitrogens with zero attached hydrogens (tertiary/aromatic N) is 2. The first-order valence-corrected chi connectivity index (χ1v) is 7.99. The molecule has 0 aromatic carbocycles. The van der Waals surface area contributed by atoms with E-state index in [2.05, 4.69) is 29.0 Å². The summed E-state index contributed by atoms with van der Waals surface area (Å²) in [4.78, 5) is 5.38. The second kappa shape index (κ2) is 7.46. The molecule has 0 amide bonds. The highest BCUT2D eigenvalue weighted by atomic mass is 15.3. The van der Waals surface area contributed by atoms with Gasteiger partial charge >= 0.3 is 0 Å². The van der Waals surface area contributed by atoms with Gasteiger partial charge in [-0.15, -0.1) is 0 Å². The van der Waals surface area contributed by atoms with E-state index in [9.17, 15) is 0 Å². The number of hydrogen-bond acceptors (Lipinski definition) is 3. The van der Waals surface area contributed by atoms with Crippen molar-refractivity contribution < 1.29 is 0 Å². The Morgan fingerprint density at radius 1 is 1.11 bits per heavy atom. The summed E-state index contributed by atoms with van der Waals surface area (Å²) in [6, 6.07) is 1.56. The van der Waals surface area contributed by atoms with Crippen molar-refractivity contribution in [1.82, 2.24) is 15.1 Å². The van der Waals surface area contributed by atoms with Crippen LogP contribution in [0.5, 0.6) is 0 Å². The molecule has 2 aliphatic rings. The summed E-state index contributed by atoms with van der Waals surface area (Å²) in [5, 5.41) is 3.59. The molecule has 1 atom stereocenters. The predicted octanol–water partition coefficient (Wildman–Crippen LogP) is 1.93. The second-order valence-electron chi connectivity index (χ2n) is 6.13. The molecule has 0 aromatic heterocycles. The lowest BCUT2D eigenvalue weighted by atomic mass is 10.1. The summed E-state index contributed by atoms with van der Waals surface area (Å²) in [6.07, 6.45) is 7.06. The third kappa shape index (κ3) is 4.22. The van der Waals surface area contributed by atoms with E-state index < -0.39 is 0 Å². The zero-order valence-electron chi connectivity index (χ0n) is 12.3. The van der Waals surface area contributed by atoms with Crippen LogP contribution in [-0.2, 0) is 0 Å². The molecule has 1 heterocycles. The zero-order valence-corrected chi connectivity index (χ0v) is 12.3. The molecule has 1 N–H and O–H groups in total. The van der Waals surface area contributed by atoms with Gasteiger partial charge in [0.05, 0.1) is 0 Å². The van der Waals surface area contributed by atoms with Gasteiger partial charge in [-0.25, -0.2) is 0 Å². The number of nitrogens with one attached hydrogen (secondary N) is 1. The Labute approximate surface area is 113 Å². The first-order valence-electron chi connectivity index (χ1n) is 7.99. The lowest BCUT2D eigenvalue weighted by Crippen LogP contribution is -2.52. The molecule has 2 rings (SSSR count). The topological polar surface area (TPSA) is 18.5 Å². The van der Waals surface area contributed by atoms with Crippen molar-refractivity contribution >= 4 is 0 Å². The van der Waals surface area contributed by atoms with Gasteiger partial charge in [0.2, 0.25) is 0 Å². The van der Waals surface area contributed by atoms with E-state index >= 15 is 0 Å². The SMILES string of the molecule is CCCNC(C)CN1CCN(C2CCCC2)CC1. The maximum atomic E-state index is 3.59. The van der Waals surface area contributed by atoms with E-state index in [-0.39, 0.29) is 0 Å². The van der Waals surface area contributed by atoms with E-state index in [0.717, 1.165) is 12.6 Å². The number of rotatable bonds is 6. The molecule has 106 valence electrons. The molecule has 1 saturated heterocycles. The molecule has 0 aromatic rings. The third-order valence-corrected chi connectivity index (χ3v) is 4.52. The molecule has 1 aliphatic heterocycles. The van der Waals surface area contributed by atoms with Crippen LogP contribution < -0.4 is 5.32 Å². The van der Waals surface area contributed by atoms with Crippen LogP contribution in [-0.4, -0.2) is 61.2 Å². The monoisotopic (exact) mass is 253 g/mol. The lowest BCUT2D eigenvalue weighted by molar-refractivity contribution is 0.0927. The summed E-state index contributed by atoms with van der Waals surface area (Å²) in [5.74, 6) is 0. The van der Waals surface area contributed by atoms with Gasteiger partial charge in [-0.2, -0.15) is 0 Å². The zero-order chi connectivity index (χ0) is 12.8. The Balaban J connectivity index is 1.63. The van der Waals surface area contributed by atoms with E-state index in [1.54, 1.807) is 0 Å². The van der Waals surface area contributed by atoms with Gasteiger partial charge in [0, 0.05) is 44.8 Å². The minimum atomic E-state index is 0.642. The Kier molecular flexibility index (Phi) is 5.93. The molecule has 1 saturated carbocycles. The van der Waals surface area contributed by atoms with Gasteiger partial charge in [0.25, 0.3) is 0 Å². The van der Waals surface area contributed by atoms with E-state index in [4.69, 9.17) is 0 Å². The van der Waals surface area contributed by atoms with E-state index in [1.807, 2.05) is 0 Å². The molecule has 18 heavy (non-hydrogen) atoms. The van der Waals surface area contributed by atoms with Crippen molar-refractivity contribution in [2.24, 2.45) is 0 Å². The fraction of sp³-hybridized carbons (Fsp3) is 1.00. The van der Waals surface area contributed by atoms with Crippen molar-refractivity contribution in [3.05, 3.63) is 0 Å². The Morgan fingerprint density at radius 2 is 1.78 bits per heavy atom. The molecule has 1 aliphatic carbocycles. The fourth-order valence-electron chi connectivity index (χ4n) is 3.42. The van der Waals surface area contributed by atoms with Gasteiger partial charge < -0.3 is 5.32 Å². The normalized spacial score (nSPS) is 25.7. The van der Waals surface area contributed by atoms with Gasteiger partial charge in [-0.05, 0) is 32.7 Å². The van der Waals surface area contributed by atoms with Gasteiger partial charge in [-0.1, -0.05) is 19.8 Å². The smallest absolute Gasteiger partial charge is 0.0166 e. The average molecular weight is 253 g/mol. The largest absolute Gasteiger partial charge is 0.313 e. The van der Waals surface area contributed by atoms with Gasteiger partial charge in [0.1, 0.15) is 0 Å². The Bertz CT molecular complexity index is 218. The maximum Gasteiger partial charge on any atom is 0.0166 e. The summed E-state index contributed by atoms with van der Waals surface area (Å²) in [7, 11) is 0. The standard InChI is InChI=1S/C15H31N3/c1-3-8-16-14(2)13-17-9-11-18(12-10-17)15-6-4-5-7-15/h14-16H,3-13H2,1-2H3. The van der Waals surface area contributed by atoms with Crippen LogP contribution in [0.3, 0.4) is 0 Å². The highest BCUT2D eigenvalue weighted by molar-refractivity contribution is 4.82. The Hall–Kier alpha value is -0.120. The van der Waals surface area contributed by atoms with E-state index in [0.29, 0.717) is 6.04 Å². The molecular formula is C15H31N3. The van der Waals surface area contributed by atoms with Crippen molar-refractivity contribution in [2.45, 2.75) is 58.0 Å². The highest BCUT2D eigenvalue weighted by Gasteiger charge is 2.26. The quantitative estimate of drug-likeness (QED) is 0.780. The minimum Gasteiger partial charge on any atom is -0.313 e. The molecule has 3 heteroatoms. The van der Waals surface area contributed by atoms with Gasteiger partial charge in [-0.3, -0.25) is 9.80 Å². The molecule has 0 radical (unpaired) electrons. The number of piperazine rings is 1. The first kappa shape index (κ1) is 14.3. The summed E-state index contributed by atoms with van der Waals surface area (Å²) in [5.41, 5.74) is 0. The maximum absolute atomic E-state index is 3.59. The van der Waals surface area contributed by atoms with Crippen LogP contribution >= 0.6 is 0 Å². The van der Waals surface area contributed by atoms with E-state index in [1.165, 1.54) is 64.8 Å². The van der Waals surface area contributed by atoms with Crippen LogP contribution in [0, 0.1) is 0 Å². The molecule has 1 unspecified atom stereocenters. The lowest BCUT2D eigenvalue weighted by Gasteiger charge is -2.39. The van der Waals surface area contributed by atoms with Crippen LogP contribution in [0.2, 0.25) is 0 Å². The predicted molar refractivity (Wildman–Crippen MR) is 78.0 cm³/mol. The second-order valence-corrected chi connectivity index (χ2v) is 6.13. The molecule has 2 fully saturated rings. The summed E-state index contributed by atoms with van der Waals surface area (Å²) >= 11 is 0. The van der Waals surface area contributed by atoms with Crippen molar-refractivity contribution in [3.8, 4) is 0 Å². The fourth-order valence-corrected chi connectivity index (χ4v) is 3.42. The van der Waals surface area contributed by atoms with Crippen LogP contribution in [0.25, 0.3) is 0 Å². The van der Waals surface area contributed by atoms with Crippen LogP contribution in [0.15, 0.2) is 0 Å². The summed E-state index contributed by atoms with van der Waals surface area (Å²) < 4.78 is 0. The Morgan fingerprint density at radius 3 is 2.39 bits per heavy atom. The molecule has 0 spiro atoms. The van der Waals surface area contributed by atoms with Crippen molar-refractivity contribution in [2.75, 3.05) is 39.3 Å². The van der Waals surface area contributed by atoms with Crippen LogP contribution in [0.1, 0.15) is 46.0 Å². The van der Waals surface area contributed by atoms with Gasteiger partial charge in [0.15, 0.2) is 0 Å². The summed E-state index contributed by atoms with van der Waals surface area (Å²) in [6.45, 7) is 12.1. The molecule has 0 bridgehead atoms. The first-order chi connectivity index (χ1) is 8.79. The minimum absolute atomic E-state index is 0.642.